The third-order valence-corrected chi connectivity index (χ3v) is 5.03. The van der Waals surface area contributed by atoms with Crippen LogP contribution in [-0.2, 0) is 20.7 Å². The number of rotatable bonds is 7. The van der Waals surface area contributed by atoms with Gasteiger partial charge in [0, 0.05) is 25.2 Å². The van der Waals surface area contributed by atoms with Gasteiger partial charge >= 0.3 is 6.09 Å². The van der Waals surface area contributed by atoms with E-state index in [0.29, 0.717) is 5.69 Å². The van der Waals surface area contributed by atoms with Crippen molar-refractivity contribution in [2.75, 3.05) is 38.5 Å². The zero-order chi connectivity index (χ0) is 22.3. The average Bonchev–Trinajstić information content (AvgIpc) is 2.66. The Balaban J connectivity index is 1.74. The SMILES string of the molecule is CN(CC(=O)Nc1ccc(CCN2CCC(C(N)=O)CC2)cc1)C(=O)OC(C)(C)C. The highest BCUT2D eigenvalue weighted by Gasteiger charge is 2.23. The number of nitrogens with two attached hydrogens (primary N) is 1. The summed E-state index contributed by atoms with van der Waals surface area (Å²) in [5.41, 5.74) is 6.64. The van der Waals surface area contributed by atoms with Gasteiger partial charge in [-0.25, -0.2) is 4.79 Å². The minimum Gasteiger partial charge on any atom is -0.444 e. The van der Waals surface area contributed by atoms with Crippen LogP contribution in [0.5, 0.6) is 0 Å². The normalized spacial score (nSPS) is 15.5. The zero-order valence-corrected chi connectivity index (χ0v) is 18.4. The highest BCUT2D eigenvalue weighted by atomic mass is 16.6. The number of primary amides is 1. The lowest BCUT2D eigenvalue weighted by Crippen LogP contribution is -2.39. The van der Waals surface area contributed by atoms with Crippen LogP contribution in [-0.4, -0.2) is 66.5 Å². The molecule has 30 heavy (non-hydrogen) atoms. The largest absolute Gasteiger partial charge is 0.444 e. The number of nitrogens with one attached hydrogen (secondary N) is 1. The second-order valence-electron chi connectivity index (χ2n) is 8.85. The minimum absolute atomic E-state index is 0.0125. The van der Waals surface area contributed by atoms with Gasteiger partial charge in [-0.1, -0.05) is 12.1 Å². The molecule has 1 saturated heterocycles. The van der Waals surface area contributed by atoms with Crippen LogP contribution in [0.25, 0.3) is 0 Å². The van der Waals surface area contributed by atoms with Gasteiger partial charge in [-0.3, -0.25) is 9.59 Å². The number of nitrogens with zero attached hydrogens (tertiary/aromatic N) is 2. The molecule has 3 N–H and O–H groups in total. The summed E-state index contributed by atoms with van der Waals surface area (Å²) in [6.07, 6.45) is 2.03. The molecule has 1 aliphatic heterocycles. The van der Waals surface area contributed by atoms with Gasteiger partial charge in [0.15, 0.2) is 0 Å². The molecule has 166 valence electrons. The fourth-order valence-electron chi connectivity index (χ4n) is 3.30. The Morgan fingerprint density at radius 1 is 1.17 bits per heavy atom. The van der Waals surface area contributed by atoms with Crippen molar-refractivity contribution in [1.82, 2.24) is 9.80 Å². The summed E-state index contributed by atoms with van der Waals surface area (Å²) in [5, 5.41) is 2.80. The number of likely N-dealkylation sites (N-methyl/N-ethyl adjacent to an activating group) is 1. The topological polar surface area (TPSA) is 105 Å². The maximum Gasteiger partial charge on any atom is 0.410 e. The molecular weight excluding hydrogens is 384 g/mol. The lowest BCUT2D eigenvalue weighted by molar-refractivity contribution is -0.123. The third kappa shape index (κ3) is 8.02. The van der Waals surface area contributed by atoms with E-state index in [1.165, 1.54) is 17.5 Å². The summed E-state index contributed by atoms with van der Waals surface area (Å²) in [4.78, 5) is 39.0. The van der Waals surface area contributed by atoms with E-state index in [9.17, 15) is 14.4 Å². The van der Waals surface area contributed by atoms with Gasteiger partial charge in [0.1, 0.15) is 12.1 Å². The van der Waals surface area contributed by atoms with Crippen molar-refractivity contribution in [3.05, 3.63) is 29.8 Å². The summed E-state index contributed by atoms with van der Waals surface area (Å²) >= 11 is 0. The Hall–Kier alpha value is -2.61. The Morgan fingerprint density at radius 3 is 2.30 bits per heavy atom. The molecule has 1 heterocycles. The van der Waals surface area contributed by atoms with Gasteiger partial charge in [0.05, 0.1) is 0 Å². The molecule has 1 aromatic rings. The van der Waals surface area contributed by atoms with Crippen LogP contribution in [0.15, 0.2) is 24.3 Å². The van der Waals surface area contributed by atoms with Crippen LogP contribution in [0, 0.1) is 5.92 Å². The molecule has 2 rings (SSSR count). The van der Waals surface area contributed by atoms with Crippen molar-refractivity contribution in [2.24, 2.45) is 11.7 Å². The van der Waals surface area contributed by atoms with E-state index in [4.69, 9.17) is 10.5 Å². The molecule has 0 aromatic heterocycles. The number of likely N-dealkylation sites (tertiary alicyclic amines) is 1. The van der Waals surface area contributed by atoms with Crippen molar-refractivity contribution >= 4 is 23.6 Å². The Kier molecular flexibility index (Phi) is 8.23. The fourth-order valence-corrected chi connectivity index (χ4v) is 3.30. The first-order valence-corrected chi connectivity index (χ1v) is 10.4. The first-order chi connectivity index (χ1) is 14.0. The number of carbonyl (C=O) groups excluding carboxylic acids is 3. The lowest BCUT2D eigenvalue weighted by Gasteiger charge is -2.30. The van der Waals surface area contributed by atoms with Gasteiger partial charge in [0.2, 0.25) is 11.8 Å². The molecule has 0 saturated carbocycles. The summed E-state index contributed by atoms with van der Waals surface area (Å²) in [7, 11) is 1.53. The Morgan fingerprint density at radius 2 is 1.77 bits per heavy atom. The fraction of sp³-hybridized carbons (Fsp3) is 0.591. The molecule has 0 aliphatic carbocycles. The number of anilines is 1. The van der Waals surface area contributed by atoms with Crippen LogP contribution < -0.4 is 11.1 Å². The highest BCUT2D eigenvalue weighted by molar-refractivity contribution is 5.93. The standard InChI is InChI=1S/C22H34N4O4/c1-22(2,3)30-21(29)25(4)15-19(27)24-18-7-5-16(6-8-18)9-12-26-13-10-17(11-14-26)20(23)28/h5-8,17H,9-15H2,1-4H3,(H2,23,28)(H,24,27). The summed E-state index contributed by atoms with van der Waals surface area (Å²) < 4.78 is 5.24. The van der Waals surface area contributed by atoms with Crippen LogP contribution >= 0.6 is 0 Å². The summed E-state index contributed by atoms with van der Waals surface area (Å²) in [6.45, 7) is 7.98. The van der Waals surface area contributed by atoms with E-state index in [2.05, 4.69) is 10.2 Å². The first-order valence-electron chi connectivity index (χ1n) is 10.4. The maximum atomic E-state index is 12.2. The molecule has 0 radical (unpaired) electrons. The second kappa shape index (κ2) is 10.4. The number of piperidine rings is 1. The molecule has 8 heteroatoms. The van der Waals surface area contributed by atoms with E-state index in [0.717, 1.165) is 38.9 Å². The predicted octanol–water partition coefficient (Wildman–Crippen LogP) is 2.23. The average molecular weight is 419 g/mol. The number of carbonyl (C=O) groups is 3. The highest BCUT2D eigenvalue weighted by Crippen LogP contribution is 2.17. The number of ether oxygens (including phenoxy) is 1. The van der Waals surface area contributed by atoms with Crippen molar-refractivity contribution in [2.45, 2.75) is 45.6 Å². The quantitative estimate of drug-likeness (QED) is 0.706. The van der Waals surface area contributed by atoms with Crippen molar-refractivity contribution in [3.63, 3.8) is 0 Å². The van der Waals surface area contributed by atoms with E-state index in [1.807, 2.05) is 24.3 Å². The molecule has 0 spiro atoms. The van der Waals surface area contributed by atoms with E-state index >= 15 is 0 Å². The van der Waals surface area contributed by atoms with E-state index in [-0.39, 0.29) is 24.3 Å². The van der Waals surface area contributed by atoms with Gasteiger partial charge in [-0.2, -0.15) is 0 Å². The van der Waals surface area contributed by atoms with Crippen LogP contribution in [0.4, 0.5) is 10.5 Å². The maximum absolute atomic E-state index is 12.2. The third-order valence-electron chi connectivity index (χ3n) is 5.03. The Labute approximate surface area is 178 Å². The minimum atomic E-state index is -0.602. The summed E-state index contributed by atoms with van der Waals surface area (Å²) in [5.74, 6) is -0.462. The predicted molar refractivity (Wildman–Crippen MR) is 116 cm³/mol. The summed E-state index contributed by atoms with van der Waals surface area (Å²) in [6, 6.07) is 7.70. The number of benzene rings is 1. The first kappa shape index (κ1) is 23.7. The number of hydrogen-bond acceptors (Lipinski definition) is 5. The Bertz CT molecular complexity index is 734. The van der Waals surface area contributed by atoms with Crippen molar-refractivity contribution < 1.29 is 19.1 Å². The number of amides is 3. The van der Waals surface area contributed by atoms with Gasteiger partial charge in [-0.15, -0.1) is 0 Å². The van der Waals surface area contributed by atoms with Gasteiger partial charge in [-0.05, 0) is 70.8 Å². The van der Waals surface area contributed by atoms with E-state index < -0.39 is 11.7 Å². The molecule has 3 amide bonds. The molecule has 1 aliphatic rings. The lowest BCUT2D eigenvalue weighted by atomic mass is 9.96. The van der Waals surface area contributed by atoms with Crippen LogP contribution in [0.2, 0.25) is 0 Å². The molecule has 0 bridgehead atoms. The molecule has 0 atom stereocenters. The molecule has 0 unspecified atom stereocenters. The van der Waals surface area contributed by atoms with Crippen molar-refractivity contribution in [3.8, 4) is 0 Å². The molecule has 1 fully saturated rings. The van der Waals surface area contributed by atoms with Crippen LogP contribution in [0.3, 0.4) is 0 Å². The van der Waals surface area contributed by atoms with E-state index in [1.54, 1.807) is 20.8 Å². The van der Waals surface area contributed by atoms with Gasteiger partial charge < -0.3 is 25.6 Å². The van der Waals surface area contributed by atoms with Gasteiger partial charge in [0.25, 0.3) is 0 Å². The smallest absolute Gasteiger partial charge is 0.410 e. The number of hydrogen-bond donors (Lipinski definition) is 2. The van der Waals surface area contributed by atoms with Crippen LogP contribution in [0.1, 0.15) is 39.2 Å². The second-order valence-corrected chi connectivity index (χ2v) is 8.85. The zero-order valence-electron chi connectivity index (χ0n) is 18.4. The monoisotopic (exact) mass is 418 g/mol. The molecule has 8 nitrogen and oxygen atoms in total. The van der Waals surface area contributed by atoms with Crippen molar-refractivity contribution in [1.29, 1.82) is 0 Å². The molecule has 1 aromatic carbocycles. The molecular formula is C22H34N4O4.